The number of hydrogen-bond donors (Lipinski definition) is 1. The van der Waals surface area contributed by atoms with Crippen LogP contribution in [0.15, 0.2) is 55.6 Å². The maximum absolute atomic E-state index is 14.5. The number of unbranched alkanes of at least 4 members (excludes halogenated alkanes) is 1. The lowest BCUT2D eigenvalue weighted by Crippen LogP contribution is -2.57. The summed E-state index contributed by atoms with van der Waals surface area (Å²) >= 11 is 0. The highest BCUT2D eigenvalue weighted by Gasteiger charge is 2.80. The molecule has 212 valence electrons. The van der Waals surface area contributed by atoms with Crippen molar-refractivity contribution in [1.29, 1.82) is 0 Å². The monoisotopic (exact) mass is 538 g/mol. The number of rotatable bonds is 13. The Kier molecular flexibility index (Phi) is 8.66. The molecule has 4 rings (SSSR count). The average molecular weight is 539 g/mol. The van der Waals surface area contributed by atoms with Crippen LogP contribution >= 0.6 is 0 Å². The Morgan fingerprint density at radius 2 is 2.00 bits per heavy atom. The highest BCUT2D eigenvalue weighted by Crippen LogP contribution is 2.66. The highest BCUT2D eigenvalue weighted by molar-refractivity contribution is 5.99. The second-order valence-electron chi connectivity index (χ2n) is 11.2. The number of aliphatic hydroxyl groups is 1. The summed E-state index contributed by atoms with van der Waals surface area (Å²) in [6.45, 7) is 14.1. The molecule has 2 amide bonds. The van der Waals surface area contributed by atoms with Crippen molar-refractivity contribution in [3.63, 3.8) is 0 Å². The molecule has 0 aliphatic carbocycles. The smallest absolute Gasteiger partial charge is 0.312 e. The van der Waals surface area contributed by atoms with Crippen molar-refractivity contribution in [1.82, 2.24) is 9.80 Å². The number of ether oxygens (including phenoxy) is 2. The Morgan fingerprint density at radius 3 is 2.62 bits per heavy atom. The lowest BCUT2D eigenvalue weighted by Gasteiger charge is -2.39. The highest BCUT2D eigenvalue weighted by atomic mass is 16.6. The first kappa shape index (κ1) is 29.0. The second kappa shape index (κ2) is 11.6. The van der Waals surface area contributed by atoms with E-state index < -0.39 is 41.1 Å². The number of esters is 1. The van der Waals surface area contributed by atoms with Crippen LogP contribution < -0.4 is 0 Å². The maximum atomic E-state index is 14.5. The first-order chi connectivity index (χ1) is 18.7. The van der Waals surface area contributed by atoms with Gasteiger partial charge in [0.1, 0.15) is 17.6 Å². The molecule has 8 nitrogen and oxygen atoms in total. The van der Waals surface area contributed by atoms with E-state index in [-0.39, 0.29) is 30.9 Å². The van der Waals surface area contributed by atoms with Gasteiger partial charge in [-0.2, -0.15) is 0 Å². The molecule has 3 aliphatic heterocycles. The van der Waals surface area contributed by atoms with Crippen molar-refractivity contribution in [3.05, 3.63) is 61.2 Å². The fourth-order valence-corrected chi connectivity index (χ4v) is 6.98. The SMILES string of the molecule is C=CCCOC(=O)[C@H]1[C@H]2C(=O)N([C@H](CO)c3ccccc3)C(C(=O)N(CC=C)CCCC)C23CC(C)[C@]1(C)O3. The molecule has 1 N–H and O–H groups in total. The molecule has 3 unspecified atom stereocenters. The van der Waals surface area contributed by atoms with Crippen LogP contribution in [0.4, 0.5) is 0 Å². The number of aliphatic hydroxyl groups excluding tert-OH is 1. The van der Waals surface area contributed by atoms with Gasteiger partial charge in [-0.3, -0.25) is 14.4 Å². The molecule has 1 spiro atoms. The lowest BCUT2D eigenvalue weighted by molar-refractivity contribution is -0.163. The number of amides is 2. The van der Waals surface area contributed by atoms with Gasteiger partial charge in [-0.05, 0) is 37.7 Å². The van der Waals surface area contributed by atoms with Gasteiger partial charge in [0.2, 0.25) is 11.8 Å². The summed E-state index contributed by atoms with van der Waals surface area (Å²) in [5.74, 6) is -2.94. The Labute approximate surface area is 231 Å². The third-order valence-electron chi connectivity index (χ3n) is 8.94. The quantitative estimate of drug-likeness (QED) is 0.234. The Balaban J connectivity index is 1.84. The Bertz CT molecular complexity index is 1090. The number of carbonyl (C=O) groups excluding carboxylic acids is 3. The zero-order chi connectivity index (χ0) is 28.4. The predicted molar refractivity (Wildman–Crippen MR) is 147 cm³/mol. The number of nitrogens with zero attached hydrogens (tertiary/aromatic N) is 2. The Hall–Kier alpha value is -2.97. The van der Waals surface area contributed by atoms with Crippen molar-refractivity contribution in [2.45, 2.75) is 69.7 Å². The van der Waals surface area contributed by atoms with E-state index in [1.807, 2.05) is 44.2 Å². The molecule has 3 aliphatic rings. The van der Waals surface area contributed by atoms with Gasteiger partial charge < -0.3 is 24.4 Å². The van der Waals surface area contributed by atoms with Gasteiger partial charge in [0.15, 0.2) is 0 Å². The van der Waals surface area contributed by atoms with Crippen molar-refractivity contribution < 1.29 is 29.0 Å². The molecule has 3 heterocycles. The topological polar surface area (TPSA) is 96.4 Å². The third kappa shape index (κ3) is 4.72. The molecule has 0 aromatic heterocycles. The molecule has 3 saturated heterocycles. The summed E-state index contributed by atoms with van der Waals surface area (Å²) in [7, 11) is 0. The van der Waals surface area contributed by atoms with Gasteiger partial charge in [0.25, 0.3) is 0 Å². The summed E-state index contributed by atoms with van der Waals surface area (Å²) < 4.78 is 12.4. The molecule has 0 saturated carbocycles. The number of fused-ring (bicyclic) bond motifs is 1. The number of likely N-dealkylation sites (tertiary alicyclic amines) is 1. The van der Waals surface area contributed by atoms with E-state index in [4.69, 9.17) is 9.47 Å². The van der Waals surface area contributed by atoms with E-state index in [0.717, 1.165) is 12.8 Å². The molecule has 8 heteroatoms. The number of hydrogen-bond acceptors (Lipinski definition) is 6. The minimum atomic E-state index is -1.21. The van der Waals surface area contributed by atoms with Crippen LogP contribution in [-0.4, -0.2) is 76.2 Å². The maximum Gasteiger partial charge on any atom is 0.312 e. The van der Waals surface area contributed by atoms with E-state index in [2.05, 4.69) is 20.1 Å². The van der Waals surface area contributed by atoms with Crippen LogP contribution in [0.5, 0.6) is 0 Å². The summed E-state index contributed by atoms with van der Waals surface area (Å²) in [6, 6.07) is 7.44. The third-order valence-corrected chi connectivity index (χ3v) is 8.94. The van der Waals surface area contributed by atoms with Crippen LogP contribution in [0.2, 0.25) is 0 Å². The van der Waals surface area contributed by atoms with Gasteiger partial charge >= 0.3 is 5.97 Å². The molecule has 0 radical (unpaired) electrons. The standard InChI is InChI=1S/C31H42N2O6/c1-6-9-17-32(16-8-3)28(36)26-31-19-21(4)30(5,39-31)25(29(37)38-18-10-7-2)24(31)27(35)33(26)23(20-34)22-14-12-11-13-15-22/h7-8,11-15,21,23-26,34H,2-3,6,9-10,16-20H2,1,4-5H3/t21?,23-,24+,25-,26?,30+,31?/m1/s1. The first-order valence-corrected chi connectivity index (χ1v) is 14.1. The number of benzene rings is 1. The number of carbonyl (C=O) groups is 3. The fraction of sp³-hybridized carbons (Fsp3) is 0.581. The van der Waals surface area contributed by atoms with E-state index in [1.165, 1.54) is 4.90 Å². The first-order valence-electron chi connectivity index (χ1n) is 14.1. The van der Waals surface area contributed by atoms with Crippen molar-refractivity contribution in [3.8, 4) is 0 Å². The van der Waals surface area contributed by atoms with E-state index in [0.29, 0.717) is 31.5 Å². The summed E-state index contributed by atoms with van der Waals surface area (Å²) in [4.78, 5) is 45.7. The van der Waals surface area contributed by atoms with Gasteiger partial charge in [0, 0.05) is 13.1 Å². The van der Waals surface area contributed by atoms with Crippen LogP contribution in [-0.2, 0) is 23.9 Å². The molecular formula is C31H42N2O6. The minimum Gasteiger partial charge on any atom is -0.465 e. The Morgan fingerprint density at radius 1 is 1.28 bits per heavy atom. The summed E-state index contributed by atoms with van der Waals surface area (Å²) in [5.41, 5.74) is -1.45. The lowest BCUT2D eigenvalue weighted by atomic mass is 9.62. The summed E-state index contributed by atoms with van der Waals surface area (Å²) in [5, 5.41) is 10.6. The zero-order valence-corrected chi connectivity index (χ0v) is 23.4. The molecule has 1 aromatic rings. The van der Waals surface area contributed by atoms with E-state index >= 15 is 0 Å². The molecule has 39 heavy (non-hydrogen) atoms. The van der Waals surface area contributed by atoms with Crippen LogP contribution in [0.25, 0.3) is 0 Å². The fourth-order valence-electron chi connectivity index (χ4n) is 6.98. The van der Waals surface area contributed by atoms with Crippen LogP contribution in [0, 0.1) is 17.8 Å². The average Bonchev–Trinajstić information content (AvgIpc) is 3.44. The second-order valence-corrected chi connectivity index (χ2v) is 11.2. The summed E-state index contributed by atoms with van der Waals surface area (Å²) in [6.07, 6.45) is 6.00. The predicted octanol–water partition coefficient (Wildman–Crippen LogP) is 3.66. The largest absolute Gasteiger partial charge is 0.465 e. The normalized spacial score (nSPS) is 31.6. The molecular weight excluding hydrogens is 496 g/mol. The minimum absolute atomic E-state index is 0.0958. The van der Waals surface area contributed by atoms with Crippen molar-refractivity contribution in [2.24, 2.45) is 17.8 Å². The molecule has 2 bridgehead atoms. The van der Waals surface area contributed by atoms with Gasteiger partial charge in [-0.15, -0.1) is 13.2 Å². The van der Waals surface area contributed by atoms with Crippen LogP contribution in [0.1, 0.15) is 58.1 Å². The van der Waals surface area contributed by atoms with Gasteiger partial charge in [-0.1, -0.05) is 62.8 Å². The van der Waals surface area contributed by atoms with Crippen molar-refractivity contribution in [2.75, 3.05) is 26.3 Å². The molecule has 1 aromatic carbocycles. The molecule has 3 fully saturated rings. The van der Waals surface area contributed by atoms with E-state index in [1.54, 1.807) is 17.1 Å². The molecule has 7 atom stereocenters. The zero-order valence-electron chi connectivity index (χ0n) is 23.4. The van der Waals surface area contributed by atoms with Gasteiger partial charge in [0.05, 0.1) is 30.8 Å². The van der Waals surface area contributed by atoms with Crippen LogP contribution in [0.3, 0.4) is 0 Å². The van der Waals surface area contributed by atoms with E-state index in [9.17, 15) is 19.5 Å². The van der Waals surface area contributed by atoms with Crippen molar-refractivity contribution >= 4 is 17.8 Å². The van der Waals surface area contributed by atoms with Gasteiger partial charge in [-0.25, -0.2) is 0 Å².